The number of hydrogen-bond donors (Lipinski definition) is 2. The van der Waals surface area contributed by atoms with E-state index < -0.39 is 11.5 Å². The summed E-state index contributed by atoms with van der Waals surface area (Å²) in [6, 6.07) is 10.3. The number of unbranched alkanes of at least 4 members (excludes halogenated alkanes) is 1. The first-order valence-electron chi connectivity index (χ1n) is 10.1. The van der Waals surface area contributed by atoms with Crippen molar-refractivity contribution in [2.75, 3.05) is 13.1 Å². The first kappa shape index (κ1) is 19.8. The molecule has 1 aromatic carbocycles. The van der Waals surface area contributed by atoms with Gasteiger partial charge in [0.25, 0.3) is 0 Å². The molecular weight excluding hydrogens is 337 g/mol. The van der Waals surface area contributed by atoms with Gasteiger partial charge in [0.05, 0.1) is 5.52 Å². The lowest BCUT2D eigenvalue weighted by molar-refractivity contribution is -0.147. The zero-order valence-electron chi connectivity index (χ0n) is 16.2. The van der Waals surface area contributed by atoms with Crippen LogP contribution in [0.2, 0.25) is 6.32 Å². The Balaban J connectivity index is 1.63. The highest BCUT2D eigenvalue weighted by atomic mass is 16.4. The topological polar surface area (TPSA) is 79.5 Å². The summed E-state index contributed by atoms with van der Waals surface area (Å²) in [5.74, 6) is -0.788. The predicted octanol–water partition coefficient (Wildman–Crippen LogP) is 2.45. The van der Waals surface area contributed by atoms with Gasteiger partial charge in [0.1, 0.15) is 13.4 Å². The third-order valence-electron chi connectivity index (χ3n) is 6.02. The largest absolute Gasteiger partial charge is 0.480 e. The van der Waals surface area contributed by atoms with Gasteiger partial charge in [0.15, 0.2) is 0 Å². The second-order valence-electron chi connectivity index (χ2n) is 7.85. The highest BCUT2D eigenvalue weighted by molar-refractivity contribution is 6.08. The van der Waals surface area contributed by atoms with Crippen LogP contribution in [0.4, 0.5) is 0 Å². The summed E-state index contributed by atoms with van der Waals surface area (Å²) < 4.78 is 0. The number of fused-ring (bicyclic) bond motifs is 1. The molecule has 2 aromatic rings. The number of pyridine rings is 1. The molecule has 0 bridgehead atoms. The lowest BCUT2D eigenvalue weighted by Crippen LogP contribution is -2.56. The number of carboxylic acids is 1. The Labute approximate surface area is 162 Å². The van der Waals surface area contributed by atoms with Crippen LogP contribution in [0.15, 0.2) is 36.5 Å². The van der Waals surface area contributed by atoms with E-state index in [-0.39, 0.29) is 5.92 Å². The summed E-state index contributed by atoms with van der Waals surface area (Å²) in [4.78, 5) is 18.8. The maximum absolute atomic E-state index is 11.9. The van der Waals surface area contributed by atoms with E-state index >= 15 is 0 Å². The van der Waals surface area contributed by atoms with Crippen LogP contribution in [0.1, 0.15) is 37.7 Å². The fourth-order valence-electron chi connectivity index (χ4n) is 4.30. The van der Waals surface area contributed by atoms with E-state index in [9.17, 15) is 9.90 Å². The van der Waals surface area contributed by atoms with Crippen LogP contribution >= 0.6 is 0 Å². The minimum Gasteiger partial charge on any atom is -0.480 e. The van der Waals surface area contributed by atoms with Crippen molar-refractivity contribution in [1.29, 1.82) is 0 Å². The smallest absolute Gasteiger partial charge is 0.323 e. The maximum atomic E-state index is 11.9. The van der Waals surface area contributed by atoms with E-state index in [0.29, 0.717) is 6.42 Å². The molecule has 144 valence electrons. The normalized spacial score (nSPS) is 18.4. The van der Waals surface area contributed by atoms with Crippen LogP contribution in [-0.2, 0) is 11.3 Å². The standard InChI is InChI=1S/C21H30BN3O2/c22-11-2-1-10-21(23,20(26)27)18-8-13-25(14-9-18)15-17-6-3-5-16-7-4-12-24-19(16)17/h3-7,12,18H,1-2,8-11,13-15,22-23H2,(H,26,27). The number of carboxylic acid groups (broad SMARTS) is 1. The molecule has 2 heterocycles. The van der Waals surface area contributed by atoms with Gasteiger partial charge in [-0.2, -0.15) is 0 Å². The second-order valence-corrected chi connectivity index (χ2v) is 7.85. The molecule has 0 saturated carbocycles. The summed E-state index contributed by atoms with van der Waals surface area (Å²) in [6.07, 6.45) is 7.10. The molecule has 1 atom stereocenters. The molecule has 0 radical (unpaired) electrons. The van der Waals surface area contributed by atoms with Gasteiger partial charge in [-0.3, -0.25) is 14.7 Å². The third-order valence-corrected chi connectivity index (χ3v) is 6.02. The maximum Gasteiger partial charge on any atom is 0.323 e. The monoisotopic (exact) mass is 367 g/mol. The summed E-state index contributed by atoms with van der Waals surface area (Å²) in [6.45, 7) is 2.61. The highest BCUT2D eigenvalue weighted by Gasteiger charge is 2.42. The number of piperidine rings is 1. The Morgan fingerprint density at radius 3 is 2.70 bits per heavy atom. The van der Waals surface area contributed by atoms with Crippen LogP contribution < -0.4 is 5.73 Å². The fourth-order valence-corrected chi connectivity index (χ4v) is 4.30. The number of nitrogens with zero attached hydrogens (tertiary/aromatic N) is 2. The quantitative estimate of drug-likeness (QED) is 0.554. The van der Waals surface area contributed by atoms with Crippen LogP contribution in [0, 0.1) is 5.92 Å². The zero-order chi connectivity index (χ0) is 19.3. The molecule has 0 amide bonds. The fraction of sp³-hybridized carbons (Fsp3) is 0.524. The lowest BCUT2D eigenvalue weighted by Gasteiger charge is -2.40. The molecule has 1 fully saturated rings. The molecule has 1 unspecified atom stereocenters. The number of para-hydroxylation sites is 1. The Morgan fingerprint density at radius 2 is 2.00 bits per heavy atom. The molecule has 1 aliphatic heterocycles. The van der Waals surface area contributed by atoms with E-state index in [4.69, 9.17) is 5.73 Å². The number of likely N-dealkylation sites (tertiary alicyclic amines) is 1. The molecule has 1 aromatic heterocycles. The Bertz CT molecular complexity index is 772. The molecule has 3 rings (SSSR count). The van der Waals surface area contributed by atoms with Gasteiger partial charge in [-0.1, -0.05) is 43.4 Å². The van der Waals surface area contributed by atoms with Gasteiger partial charge in [-0.05, 0) is 49.9 Å². The van der Waals surface area contributed by atoms with Crippen LogP contribution in [0.25, 0.3) is 10.9 Å². The van der Waals surface area contributed by atoms with Crippen molar-refractivity contribution in [3.05, 3.63) is 42.1 Å². The van der Waals surface area contributed by atoms with Crippen molar-refractivity contribution < 1.29 is 9.90 Å². The molecule has 0 spiro atoms. The van der Waals surface area contributed by atoms with Gasteiger partial charge in [-0.15, -0.1) is 0 Å². The van der Waals surface area contributed by atoms with Gasteiger partial charge in [0.2, 0.25) is 0 Å². The molecule has 0 aliphatic carbocycles. The van der Waals surface area contributed by atoms with Crippen LogP contribution in [0.5, 0.6) is 0 Å². The van der Waals surface area contributed by atoms with E-state index in [1.54, 1.807) is 0 Å². The summed E-state index contributed by atoms with van der Waals surface area (Å²) in [5.41, 5.74) is 7.60. The van der Waals surface area contributed by atoms with E-state index in [0.717, 1.165) is 62.5 Å². The highest BCUT2D eigenvalue weighted by Crippen LogP contribution is 2.32. The average molecular weight is 367 g/mol. The molecular formula is C21H30BN3O2. The Kier molecular flexibility index (Phi) is 6.50. The molecule has 1 aliphatic rings. The summed E-state index contributed by atoms with van der Waals surface area (Å²) >= 11 is 0. The molecule has 5 nitrogen and oxygen atoms in total. The summed E-state index contributed by atoms with van der Waals surface area (Å²) in [5, 5.41) is 10.9. The Hall–Kier alpha value is -1.92. The van der Waals surface area contributed by atoms with Gasteiger partial charge in [-0.25, -0.2) is 0 Å². The average Bonchev–Trinajstić information content (AvgIpc) is 2.69. The lowest BCUT2D eigenvalue weighted by atomic mass is 9.75. The van der Waals surface area contributed by atoms with E-state index in [2.05, 4.69) is 42.0 Å². The van der Waals surface area contributed by atoms with Gasteiger partial charge < -0.3 is 10.8 Å². The van der Waals surface area contributed by atoms with Gasteiger partial charge in [0, 0.05) is 18.1 Å². The molecule has 27 heavy (non-hydrogen) atoms. The van der Waals surface area contributed by atoms with Crippen molar-refractivity contribution in [2.24, 2.45) is 11.7 Å². The number of carbonyl (C=O) groups is 1. The van der Waals surface area contributed by atoms with Crippen molar-refractivity contribution in [2.45, 2.75) is 50.5 Å². The van der Waals surface area contributed by atoms with E-state index in [1.165, 1.54) is 5.56 Å². The molecule has 1 saturated heterocycles. The van der Waals surface area contributed by atoms with Gasteiger partial charge >= 0.3 is 5.97 Å². The SMILES string of the molecule is BCCCCC(N)(C(=O)O)C1CCN(Cc2cccc3cccnc23)CC1. The van der Waals surface area contributed by atoms with Crippen molar-refractivity contribution in [3.8, 4) is 0 Å². The second kappa shape index (κ2) is 8.85. The first-order chi connectivity index (χ1) is 13.0. The van der Waals surface area contributed by atoms with Crippen molar-refractivity contribution in [3.63, 3.8) is 0 Å². The number of rotatable bonds is 8. The Morgan fingerprint density at radius 1 is 1.26 bits per heavy atom. The van der Waals surface area contributed by atoms with Crippen molar-refractivity contribution in [1.82, 2.24) is 9.88 Å². The minimum absolute atomic E-state index is 0.0498. The number of benzene rings is 1. The number of nitrogens with two attached hydrogens (primary N) is 1. The summed E-state index contributed by atoms with van der Waals surface area (Å²) in [7, 11) is 2.12. The van der Waals surface area contributed by atoms with Crippen LogP contribution in [-0.4, -0.2) is 47.4 Å². The van der Waals surface area contributed by atoms with Crippen LogP contribution in [0.3, 0.4) is 0 Å². The van der Waals surface area contributed by atoms with Crippen molar-refractivity contribution >= 4 is 24.7 Å². The number of hydrogen-bond acceptors (Lipinski definition) is 4. The minimum atomic E-state index is -1.08. The zero-order valence-corrected chi connectivity index (χ0v) is 16.2. The number of aliphatic carboxylic acids is 1. The predicted molar refractivity (Wildman–Crippen MR) is 112 cm³/mol. The first-order valence-corrected chi connectivity index (χ1v) is 10.1. The molecule has 6 heteroatoms. The number of aromatic nitrogens is 1. The third kappa shape index (κ3) is 4.50. The van der Waals surface area contributed by atoms with E-state index in [1.807, 2.05) is 12.3 Å². The molecule has 3 N–H and O–H groups in total.